The monoisotopic (exact) mass is 252 g/mol. The molecule has 1 aromatic carbocycles. The van der Waals surface area contributed by atoms with Crippen molar-refractivity contribution in [3.63, 3.8) is 0 Å². The second-order valence-corrected chi connectivity index (χ2v) is 3.91. The number of benzene rings is 1. The highest BCUT2D eigenvalue weighted by Gasteiger charge is 2.11. The molecule has 0 fully saturated rings. The van der Waals surface area contributed by atoms with Gasteiger partial charge in [0.15, 0.2) is 5.82 Å². The molecule has 1 N–H and O–H groups in total. The number of methoxy groups -OCH3 is 1. The van der Waals surface area contributed by atoms with Gasteiger partial charge in [0.05, 0.1) is 12.3 Å². The molecule has 1 heterocycles. The first kappa shape index (κ1) is 12.7. The number of halogens is 2. The summed E-state index contributed by atoms with van der Waals surface area (Å²) in [4.78, 5) is 4.14. The van der Waals surface area contributed by atoms with E-state index in [0.29, 0.717) is 23.3 Å². The zero-order chi connectivity index (χ0) is 13.1. The molecule has 0 aliphatic heterocycles. The smallest absolute Gasteiger partial charge is 0.152 e. The molecule has 0 bridgehead atoms. The zero-order valence-corrected chi connectivity index (χ0v) is 10.3. The molecule has 18 heavy (non-hydrogen) atoms. The Morgan fingerprint density at radius 2 is 2.06 bits per heavy atom. The molecule has 0 aliphatic rings. The van der Waals surface area contributed by atoms with Gasteiger partial charge in [-0.3, -0.25) is 0 Å². The van der Waals surface area contributed by atoms with Crippen molar-refractivity contribution in [1.29, 1.82) is 0 Å². The van der Waals surface area contributed by atoms with Crippen LogP contribution in [0.15, 0.2) is 18.2 Å². The summed E-state index contributed by atoms with van der Waals surface area (Å²) in [6, 6.07) is 3.86. The van der Waals surface area contributed by atoms with Gasteiger partial charge < -0.3 is 10.1 Å². The topological polar surface area (TPSA) is 34.1 Å². The number of anilines is 1. The van der Waals surface area contributed by atoms with Crippen LogP contribution in [0.25, 0.3) is 10.9 Å². The first-order chi connectivity index (χ1) is 8.65. The Hall–Kier alpha value is -1.75. The fourth-order valence-electron chi connectivity index (χ4n) is 1.86. The first-order valence-corrected chi connectivity index (χ1v) is 5.67. The number of rotatable bonds is 4. The van der Waals surface area contributed by atoms with Crippen molar-refractivity contribution in [1.82, 2.24) is 4.98 Å². The molecule has 2 aromatic rings. The number of nitrogens with one attached hydrogen (secondary N) is 1. The summed E-state index contributed by atoms with van der Waals surface area (Å²) in [5, 5.41) is 3.51. The van der Waals surface area contributed by atoms with E-state index in [4.69, 9.17) is 4.74 Å². The van der Waals surface area contributed by atoms with E-state index in [1.54, 1.807) is 13.2 Å². The lowest BCUT2D eigenvalue weighted by Gasteiger charge is -2.11. The van der Waals surface area contributed by atoms with Crippen LogP contribution in [0.3, 0.4) is 0 Å². The average molecular weight is 252 g/mol. The lowest BCUT2D eigenvalue weighted by Crippen LogP contribution is -2.02. The van der Waals surface area contributed by atoms with Crippen molar-refractivity contribution in [2.45, 2.75) is 13.5 Å². The van der Waals surface area contributed by atoms with Crippen LogP contribution in [-0.2, 0) is 11.3 Å². The highest BCUT2D eigenvalue weighted by molar-refractivity contribution is 5.91. The van der Waals surface area contributed by atoms with Gasteiger partial charge in [0.1, 0.15) is 11.3 Å². The van der Waals surface area contributed by atoms with Crippen molar-refractivity contribution in [3.8, 4) is 0 Å². The van der Waals surface area contributed by atoms with Crippen LogP contribution in [0.2, 0.25) is 0 Å². The van der Waals surface area contributed by atoms with Gasteiger partial charge in [-0.25, -0.2) is 13.8 Å². The minimum Gasteiger partial charge on any atom is -0.385 e. The van der Waals surface area contributed by atoms with Gasteiger partial charge in [0.2, 0.25) is 0 Å². The molecule has 0 aliphatic carbocycles. The third-order valence-corrected chi connectivity index (χ3v) is 2.54. The molecule has 0 atom stereocenters. The van der Waals surface area contributed by atoms with E-state index in [9.17, 15) is 8.78 Å². The highest BCUT2D eigenvalue weighted by Crippen LogP contribution is 2.26. The SMILES string of the molecule is CCNc1cc(COC)nc2c(F)cc(F)cc12. The second-order valence-electron chi connectivity index (χ2n) is 3.91. The Morgan fingerprint density at radius 3 is 2.72 bits per heavy atom. The number of aromatic nitrogens is 1. The molecule has 5 heteroatoms. The predicted molar refractivity (Wildman–Crippen MR) is 66.5 cm³/mol. The maximum absolute atomic E-state index is 13.7. The Bertz CT molecular complexity index is 572. The summed E-state index contributed by atoms with van der Waals surface area (Å²) in [7, 11) is 1.54. The number of ether oxygens (including phenoxy) is 1. The van der Waals surface area contributed by atoms with E-state index in [-0.39, 0.29) is 12.1 Å². The summed E-state index contributed by atoms with van der Waals surface area (Å²) >= 11 is 0. The minimum absolute atomic E-state index is 0.155. The molecule has 0 radical (unpaired) electrons. The summed E-state index contributed by atoms with van der Waals surface area (Å²) in [5.74, 6) is -1.28. The molecule has 0 amide bonds. The maximum atomic E-state index is 13.7. The summed E-state index contributed by atoms with van der Waals surface area (Å²) < 4.78 is 31.9. The fourth-order valence-corrected chi connectivity index (χ4v) is 1.86. The van der Waals surface area contributed by atoms with Crippen molar-refractivity contribution in [3.05, 3.63) is 35.5 Å². The Kier molecular flexibility index (Phi) is 3.72. The largest absolute Gasteiger partial charge is 0.385 e. The van der Waals surface area contributed by atoms with Crippen molar-refractivity contribution >= 4 is 16.6 Å². The number of hydrogen-bond donors (Lipinski definition) is 1. The number of hydrogen-bond acceptors (Lipinski definition) is 3. The minimum atomic E-state index is -0.665. The van der Waals surface area contributed by atoms with E-state index < -0.39 is 11.6 Å². The van der Waals surface area contributed by atoms with Crippen LogP contribution in [-0.4, -0.2) is 18.6 Å². The second kappa shape index (κ2) is 5.27. The van der Waals surface area contributed by atoms with Gasteiger partial charge in [-0.15, -0.1) is 0 Å². The molecule has 0 unspecified atom stereocenters. The van der Waals surface area contributed by atoms with Crippen molar-refractivity contribution in [2.75, 3.05) is 19.0 Å². The fraction of sp³-hybridized carbons (Fsp3) is 0.308. The molecule has 0 spiro atoms. The predicted octanol–water partition coefficient (Wildman–Crippen LogP) is 3.09. The number of pyridine rings is 1. The van der Waals surface area contributed by atoms with Gasteiger partial charge in [-0.2, -0.15) is 0 Å². The summed E-state index contributed by atoms with van der Waals surface area (Å²) in [6.45, 7) is 2.85. The number of nitrogens with zero attached hydrogens (tertiary/aromatic N) is 1. The molecular weight excluding hydrogens is 238 g/mol. The average Bonchev–Trinajstić information content (AvgIpc) is 2.31. The standard InChI is InChI=1S/C13H14F2N2O/c1-3-16-12-6-9(7-18-2)17-13-10(12)4-8(14)5-11(13)15/h4-6H,3,7H2,1-2H3,(H,16,17). The molecule has 96 valence electrons. The van der Waals surface area contributed by atoms with E-state index in [1.165, 1.54) is 6.07 Å². The molecule has 2 rings (SSSR count). The Labute approximate surface area is 104 Å². The van der Waals surface area contributed by atoms with Crippen LogP contribution in [0.1, 0.15) is 12.6 Å². The quantitative estimate of drug-likeness (QED) is 0.908. The van der Waals surface area contributed by atoms with Crippen LogP contribution in [0.5, 0.6) is 0 Å². The highest BCUT2D eigenvalue weighted by atomic mass is 19.1. The zero-order valence-electron chi connectivity index (χ0n) is 10.3. The van der Waals surface area contributed by atoms with Crippen LogP contribution in [0, 0.1) is 11.6 Å². The maximum Gasteiger partial charge on any atom is 0.152 e. The normalized spacial score (nSPS) is 10.9. The lowest BCUT2D eigenvalue weighted by atomic mass is 10.1. The van der Waals surface area contributed by atoms with E-state index in [0.717, 1.165) is 6.07 Å². The molecule has 0 saturated carbocycles. The van der Waals surface area contributed by atoms with Gasteiger partial charge in [-0.1, -0.05) is 0 Å². The van der Waals surface area contributed by atoms with E-state index in [1.807, 2.05) is 6.92 Å². The van der Waals surface area contributed by atoms with E-state index >= 15 is 0 Å². The van der Waals surface area contributed by atoms with Crippen molar-refractivity contribution < 1.29 is 13.5 Å². The Morgan fingerprint density at radius 1 is 1.28 bits per heavy atom. The molecule has 0 saturated heterocycles. The van der Waals surface area contributed by atoms with Gasteiger partial charge >= 0.3 is 0 Å². The van der Waals surface area contributed by atoms with Gasteiger partial charge in [0.25, 0.3) is 0 Å². The van der Waals surface area contributed by atoms with Crippen molar-refractivity contribution in [2.24, 2.45) is 0 Å². The lowest BCUT2D eigenvalue weighted by molar-refractivity contribution is 0.182. The summed E-state index contributed by atoms with van der Waals surface area (Å²) in [5.41, 5.74) is 1.42. The number of fused-ring (bicyclic) bond motifs is 1. The van der Waals surface area contributed by atoms with E-state index in [2.05, 4.69) is 10.3 Å². The third-order valence-electron chi connectivity index (χ3n) is 2.54. The third kappa shape index (κ3) is 2.41. The first-order valence-electron chi connectivity index (χ1n) is 5.67. The Balaban J connectivity index is 2.68. The molecule has 3 nitrogen and oxygen atoms in total. The van der Waals surface area contributed by atoms with Gasteiger partial charge in [-0.05, 0) is 19.1 Å². The molecular formula is C13H14F2N2O. The van der Waals surface area contributed by atoms with Crippen LogP contribution in [0.4, 0.5) is 14.5 Å². The molecule has 1 aromatic heterocycles. The van der Waals surface area contributed by atoms with Crippen LogP contribution >= 0.6 is 0 Å². The summed E-state index contributed by atoms with van der Waals surface area (Å²) in [6.07, 6.45) is 0. The van der Waals surface area contributed by atoms with Crippen LogP contribution < -0.4 is 5.32 Å². The van der Waals surface area contributed by atoms with Gasteiger partial charge in [0, 0.05) is 30.8 Å².